The Bertz CT molecular complexity index is 88.5. The highest BCUT2D eigenvalue weighted by Gasteiger charge is 1.87. The molecule has 0 radical (unpaired) electrons. The van der Waals surface area contributed by atoms with Crippen LogP contribution in [0.15, 0.2) is 17.5 Å². The van der Waals surface area contributed by atoms with E-state index < -0.39 is 0 Å². The third-order valence-corrected chi connectivity index (χ3v) is 0.722. The van der Waals surface area contributed by atoms with E-state index in [1.807, 2.05) is 0 Å². The van der Waals surface area contributed by atoms with E-state index in [4.69, 9.17) is 0 Å². The highest BCUT2D eigenvalue weighted by molar-refractivity contribution is 5.21. The van der Waals surface area contributed by atoms with Gasteiger partial charge in [0, 0.05) is 13.1 Å². The van der Waals surface area contributed by atoms with Crippen molar-refractivity contribution in [2.24, 2.45) is 5.16 Å². The predicted octanol–water partition coefficient (Wildman–Crippen LogP) is 1.93. The summed E-state index contributed by atoms with van der Waals surface area (Å²) in [4.78, 5) is 4.60. The van der Waals surface area contributed by atoms with Gasteiger partial charge >= 0.3 is 0 Å². The van der Waals surface area contributed by atoms with Crippen LogP contribution >= 0.6 is 0 Å². The monoisotopic (exact) mass is 113 g/mol. The first-order valence-electron chi connectivity index (χ1n) is 2.62. The Morgan fingerprint density at radius 3 is 2.75 bits per heavy atom. The molecule has 0 aromatic carbocycles. The molecule has 2 nitrogen and oxygen atoms in total. The average Bonchev–Trinajstić information content (AvgIpc) is 1.68. The van der Waals surface area contributed by atoms with E-state index in [2.05, 4.69) is 30.2 Å². The molecule has 0 rings (SSSR count). The van der Waals surface area contributed by atoms with Crippen LogP contribution in [0.1, 0.15) is 19.8 Å². The molecular formula is C6H11NO. The molecule has 0 atom stereocenters. The quantitative estimate of drug-likeness (QED) is 0.310. The summed E-state index contributed by atoms with van der Waals surface area (Å²) < 4.78 is 0. The Balaban J connectivity index is 3.18. The summed E-state index contributed by atoms with van der Waals surface area (Å²) in [5.74, 6) is 0.683. The Hall–Kier alpha value is -0.790. The maximum Gasteiger partial charge on any atom is 0.127 e. The molecule has 8 heavy (non-hydrogen) atoms. The Kier molecular flexibility index (Phi) is 3.94. The third kappa shape index (κ3) is 3.40. The molecule has 0 aliphatic rings. The summed E-state index contributed by atoms with van der Waals surface area (Å²) in [6, 6.07) is 0. The molecule has 0 aromatic heterocycles. The lowest BCUT2D eigenvalue weighted by molar-refractivity contribution is 0.221. The maximum absolute atomic E-state index is 4.60. The molecule has 0 aromatic rings. The number of nitrogens with zero attached hydrogens (tertiary/aromatic N) is 1. The van der Waals surface area contributed by atoms with Crippen LogP contribution in [-0.2, 0) is 4.84 Å². The molecule has 0 heterocycles. The van der Waals surface area contributed by atoms with E-state index >= 15 is 0 Å². The fraction of sp³-hybridized carbons (Fsp3) is 0.500. The predicted molar refractivity (Wildman–Crippen MR) is 34.7 cm³/mol. The van der Waals surface area contributed by atoms with Crippen LogP contribution in [0.4, 0.5) is 0 Å². The van der Waals surface area contributed by atoms with Gasteiger partial charge in [0.05, 0.1) is 0 Å². The van der Waals surface area contributed by atoms with Crippen molar-refractivity contribution < 1.29 is 4.84 Å². The van der Waals surface area contributed by atoms with E-state index in [-0.39, 0.29) is 0 Å². The van der Waals surface area contributed by atoms with Crippen molar-refractivity contribution in [1.29, 1.82) is 0 Å². The number of hydrogen-bond donors (Lipinski definition) is 0. The van der Waals surface area contributed by atoms with Gasteiger partial charge in [-0.2, -0.15) is 0 Å². The van der Waals surface area contributed by atoms with Gasteiger partial charge < -0.3 is 4.84 Å². The summed E-state index contributed by atoms with van der Waals surface area (Å²) in [5, 5.41) is 3.20. The zero-order valence-corrected chi connectivity index (χ0v) is 5.18. The van der Waals surface area contributed by atoms with Crippen molar-refractivity contribution in [1.82, 2.24) is 0 Å². The summed E-state index contributed by atoms with van der Waals surface area (Å²) >= 11 is 0. The van der Waals surface area contributed by atoms with Crippen LogP contribution in [0.2, 0.25) is 0 Å². The minimum Gasteiger partial charge on any atom is -0.363 e. The second kappa shape index (κ2) is 4.37. The molecule has 0 fully saturated rings. The van der Waals surface area contributed by atoms with Gasteiger partial charge in [-0.1, -0.05) is 18.7 Å². The second-order valence-corrected chi connectivity index (χ2v) is 1.51. The lowest BCUT2D eigenvalue weighted by Gasteiger charge is -1.96. The van der Waals surface area contributed by atoms with Crippen LogP contribution in [0.3, 0.4) is 0 Å². The van der Waals surface area contributed by atoms with Crippen LogP contribution in [-0.4, -0.2) is 6.72 Å². The van der Waals surface area contributed by atoms with Crippen molar-refractivity contribution in [3.8, 4) is 0 Å². The van der Waals surface area contributed by atoms with Gasteiger partial charge in [-0.3, -0.25) is 0 Å². The normalized spacial score (nSPS) is 8.12. The van der Waals surface area contributed by atoms with Crippen molar-refractivity contribution in [3.05, 3.63) is 12.3 Å². The van der Waals surface area contributed by atoms with Crippen LogP contribution in [0, 0.1) is 0 Å². The summed E-state index contributed by atoms with van der Waals surface area (Å²) in [6.45, 7) is 8.78. The standard InChI is InChI=1S/C6H11NO/c1-4-5-6(2)8-7-3/h2-5H2,1H3. The van der Waals surface area contributed by atoms with E-state index in [1.54, 1.807) is 0 Å². The van der Waals surface area contributed by atoms with E-state index in [9.17, 15) is 0 Å². The molecule has 0 aliphatic carbocycles. The van der Waals surface area contributed by atoms with E-state index in [1.165, 1.54) is 0 Å². The largest absolute Gasteiger partial charge is 0.363 e. The van der Waals surface area contributed by atoms with Crippen LogP contribution < -0.4 is 0 Å². The first-order valence-corrected chi connectivity index (χ1v) is 2.62. The first kappa shape index (κ1) is 7.21. The summed E-state index contributed by atoms with van der Waals surface area (Å²) in [5.41, 5.74) is 0. The Labute approximate surface area is 49.8 Å². The highest BCUT2D eigenvalue weighted by Crippen LogP contribution is 2.01. The molecular weight excluding hydrogens is 102 g/mol. The molecule has 0 bridgehead atoms. The molecule has 0 spiro atoms. The Morgan fingerprint density at radius 1 is 1.75 bits per heavy atom. The maximum atomic E-state index is 4.60. The molecule has 0 N–H and O–H groups in total. The van der Waals surface area contributed by atoms with Crippen molar-refractivity contribution in [2.45, 2.75) is 19.8 Å². The summed E-state index contributed by atoms with van der Waals surface area (Å²) in [7, 11) is 0. The number of oxime groups is 1. The van der Waals surface area contributed by atoms with Crippen molar-refractivity contribution >= 4 is 6.72 Å². The number of hydrogen-bond acceptors (Lipinski definition) is 2. The van der Waals surface area contributed by atoms with E-state index in [0.717, 1.165) is 12.8 Å². The van der Waals surface area contributed by atoms with Gasteiger partial charge in [-0.05, 0) is 6.42 Å². The Morgan fingerprint density at radius 2 is 2.38 bits per heavy atom. The molecule has 2 heteroatoms. The minimum atomic E-state index is 0.683. The summed E-state index contributed by atoms with van der Waals surface area (Å²) in [6.07, 6.45) is 1.90. The number of rotatable bonds is 4. The van der Waals surface area contributed by atoms with E-state index in [0.29, 0.717) is 5.76 Å². The van der Waals surface area contributed by atoms with Gasteiger partial charge in [-0.15, -0.1) is 0 Å². The lowest BCUT2D eigenvalue weighted by Crippen LogP contribution is -1.80. The van der Waals surface area contributed by atoms with Gasteiger partial charge in [0.15, 0.2) is 0 Å². The topological polar surface area (TPSA) is 21.6 Å². The van der Waals surface area contributed by atoms with Crippen LogP contribution in [0.5, 0.6) is 0 Å². The molecule has 0 aliphatic heterocycles. The van der Waals surface area contributed by atoms with Crippen LogP contribution in [0.25, 0.3) is 0 Å². The fourth-order valence-corrected chi connectivity index (χ4v) is 0.416. The van der Waals surface area contributed by atoms with Gasteiger partial charge in [0.1, 0.15) is 5.76 Å². The number of allylic oxidation sites excluding steroid dienone is 1. The smallest absolute Gasteiger partial charge is 0.127 e. The highest BCUT2D eigenvalue weighted by atomic mass is 16.6. The second-order valence-electron chi connectivity index (χ2n) is 1.51. The SMILES string of the molecule is C=NOC(=C)CCC. The molecule has 0 saturated heterocycles. The van der Waals surface area contributed by atoms with Crippen molar-refractivity contribution in [2.75, 3.05) is 0 Å². The van der Waals surface area contributed by atoms with Gasteiger partial charge in [-0.25, -0.2) is 0 Å². The molecule has 0 unspecified atom stereocenters. The molecule has 46 valence electrons. The zero-order chi connectivity index (χ0) is 6.41. The lowest BCUT2D eigenvalue weighted by atomic mass is 10.3. The fourth-order valence-electron chi connectivity index (χ4n) is 0.416. The molecule has 0 amide bonds. The average molecular weight is 113 g/mol. The molecule has 0 saturated carbocycles. The first-order chi connectivity index (χ1) is 3.81. The van der Waals surface area contributed by atoms with Gasteiger partial charge in [0.2, 0.25) is 0 Å². The minimum absolute atomic E-state index is 0.683. The zero-order valence-electron chi connectivity index (χ0n) is 5.18. The third-order valence-electron chi connectivity index (χ3n) is 0.722. The van der Waals surface area contributed by atoms with Crippen molar-refractivity contribution in [3.63, 3.8) is 0 Å². The van der Waals surface area contributed by atoms with Gasteiger partial charge in [0.25, 0.3) is 0 Å².